The van der Waals surface area contributed by atoms with Crippen molar-refractivity contribution in [3.63, 3.8) is 0 Å². The van der Waals surface area contributed by atoms with Gasteiger partial charge in [-0.1, -0.05) is 13.8 Å². The van der Waals surface area contributed by atoms with Crippen LogP contribution in [-0.2, 0) is 16.1 Å². The van der Waals surface area contributed by atoms with Gasteiger partial charge in [-0.25, -0.2) is 9.97 Å². The number of aryl methyl sites for hydroxylation is 1. The molecule has 0 bridgehead atoms. The monoisotopic (exact) mass is 289 g/mol. The van der Waals surface area contributed by atoms with E-state index in [1.165, 1.54) is 0 Å². The van der Waals surface area contributed by atoms with Crippen molar-refractivity contribution in [1.29, 1.82) is 0 Å². The quantitative estimate of drug-likeness (QED) is 0.767. The molecule has 5 heteroatoms. The summed E-state index contributed by atoms with van der Waals surface area (Å²) in [4.78, 5) is 21.4. The molecule has 2 rings (SSSR count). The number of carbonyl (C=O) groups is 1. The van der Waals surface area contributed by atoms with E-state index in [1.54, 1.807) is 6.20 Å². The number of ether oxygens (including phenoxy) is 1. The number of esters is 1. The lowest BCUT2D eigenvalue weighted by Crippen LogP contribution is -2.21. The highest BCUT2D eigenvalue weighted by atomic mass is 16.5. The number of pyridine rings is 1. The van der Waals surface area contributed by atoms with Crippen molar-refractivity contribution in [1.82, 2.24) is 14.5 Å². The number of rotatable bonds is 6. The minimum Gasteiger partial charge on any atom is -0.465 e. The first-order valence-electron chi connectivity index (χ1n) is 7.56. The maximum absolute atomic E-state index is 12.3. The molecule has 0 N–H and O–H groups in total. The van der Waals surface area contributed by atoms with Crippen LogP contribution in [0.2, 0.25) is 0 Å². The van der Waals surface area contributed by atoms with Crippen LogP contribution in [0.15, 0.2) is 18.3 Å². The van der Waals surface area contributed by atoms with Crippen LogP contribution in [0.3, 0.4) is 0 Å². The predicted octanol–water partition coefficient (Wildman–Crippen LogP) is 3.14. The summed E-state index contributed by atoms with van der Waals surface area (Å²) >= 11 is 0. The van der Waals surface area contributed by atoms with Gasteiger partial charge in [-0.2, -0.15) is 0 Å². The summed E-state index contributed by atoms with van der Waals surface area (Å²) in [7, 11) is 0. The van der Waals surface area contributed by atoms with Crippen LogP contribution in [0.25, 0.3) is 11.2 Å². The zero-order chi connectivity index (χ0) is 15.4. The molecule has 21 heavy (non-hydrogen) atoms. The first-order valence-corrected chi connectivity index (χ1v) is 7.56. The summed E-state index contributed by atoms with van der Waals surface area (Å²) in [5, 5.41) is 0. The van der Waals surface area contributed by atoms with Crippen molar-refractivity contribution in [2.24, 2.45) is 5.92 Å². The van der Waals surface area contributed by atoms with E-state index >= 15 is 0 Å². The van der Waals surface area contributed by atoms with Crippen molar-refractivity contribution < 1.29 is 9.53 Å². The van der Waals surface area contributed by atoms with E-state index in [9.17, 15) is 4.79 Å². The Morgan fingerprint density at radius 3 is 2.76 bits per heavy atom. The standard InChI is InChI=1S/C16H23N3O2/c1-5-19-14(18-13-8-7-9-17-15(13)19)12(10-11(3)4)16(20)21-6-2/h7-9,11-12H,5-6,10H2,1-4H3. The second-order valence-corrected chi connectivity index (χ2v) is 5.49. The highest BCUT2D eigenvalue weighted by Crippen LogP contribution is 2.27. The molecule has 2 heterocycles. The lowest BCUT2D eigenvalue weighted by molar-refractivity contribution is -0.145. The summed E-state index contributed by atoms with van der Waals surface area (Å²) in [6, 6.07) is 3.79. The normalized spacial score (nSPS) is 12.8. The van der Waals surface area contributed by atoms with Gasteiger partial charge in [0.05, 0.1) is 6.61 Å². The molecule has 0 amide bonds. The molecule has 2 aromatic rings. The molecule has 0 aliphatic rings. The number of imidazole rings is 1. The van der Waals surface area contributed by atoms with Crippen molar-refractivity contribution in [2.75, 3.05) is 6.61 Å². The number of hydrogen-bond acceptors (Lipinski definition) is 4. The highest BCUT2D eigenvalue weighted by molar-refractivity contribution is 5.79. The summed E-state index contributed by atoms with van der Waals surface area (Å²) in [6.45, 7) is 9.19. The third kappa shape index (κ3) is 3.23. The molecule has 0 spiro atoms. The van der Waals surface area contributed by atoms with Crippen LogP contribution in [0.5, 0.6) is 0 Å². The lowest BCUT2D eigenvalue weighted by atomic mass is 9.96. The largest absolute Gasteiger partial charge is 0.465 e. The summed E-state index contributed by atoms with van der Waals surface area (Å²) < 4.78 is 7.26. The molecule has 0 aliphatic heterocycles. The van der Waals surface area contributed by atoms with Gasteiger partial charge in [-0.15, -0.1) is 0 Å². The molecule has 0 aliphatic carbocycles. The van der Waals surface area contributed by atoms with Gasteiger partial charge in [0.25, 0.3) is 0 Å². The predicted molar refractivity (Wildman–Crippen MR) is 82.0 cm³/mol. The van der Waals surface area contributed by atoms with Gasteiger partial charge in [0.1, 0.15) is 17.3 Å². The Labute approximate surface area is 125 Å². The molecule has 2 aromatic heterocycles. The number of aromatic nitrogens is 3. The van der Waals surface area contributed by atoms with Crippen molar-refractivity contribution in [2.45, 2.75) is 46.6 Å². The Balaban J connectivity index is 2.50. The van der Waals surface area contributed by atoms with E-state index in [1.807, 2.05) is 30.5 Å². The SMILES string of the molecule is CCOC(=O)C(CC(C)C)c1nc2cccnc2n1CC. The van der Waals surface area contributed by atoms with E-state index < -0.39 is 0 Å². The number of nitrogens with zero attached hydrogens (tertiary/aromatic N) is 3. The van der Waals surface area contributed by atoms with Gasteiger partial charge in [0, 0.05) is 12.7 Å². The number of hydrogen-bond donors (Lipinski definition) is 0. The van der Waals surface area contributed by atoms with Crippen LogP contribution >= 0.6 is 0 Å². The third-order valence-corrected chi connectivity index (χ3v) is 3.44. The Hall–Kier alpha value is -1.91. The average Bonchev–Trinajstić information content (AvgIpc) is 2.82. The van der Waals surface area contributed by atoms with E-state index in [4.69, 9.17) is 4.74 Å². The van der Waals surface area contributed by atoms with Crippen LogP contribution in [-0.4, -0.2) is 27.1 Å². The van der Waals surface area contributed by atoms with Crippen LogP contribution in [0, 0.1) is 5.92 Å². The second-order valence-electron chi connectivity index (χ2n) is 5.49. The molecule has 114 valence electrons. The smallest absolute Gasteiger partial charge is 0.316 e. The highest BCUT2D eigenvalue weighted by Gasteiger charge is 2.28. The molecular formula is C16H23N3O2. The van der Waals surface area contributed by atoms with Gasteiger partial charge in [-0.3, -0.25) is 4.79 Å². The Bertz CT molecular complexity index is 619. The molecular weight excluding hydrogens is 266 g/mol. The number of fused-ring (bicyclic) bond motifs is 1. The van der Waals surface area contributed by atoms with E-state index in [2.05, 4.69) is 23.8 Å². The van der Waals surface area contributed by atoms with E-state index in [0.29, 0.717) is 12.5 Å². The van der Waals surface area contributed by atoms with Crippen LogP contribution < -0.4 is 0 Å². The van der Waals surface area contributed by atoms with E-state index in [-0.39, 0.29) is 11.9 Å². The van der Waals surface area contributed by atoms with Crippen molar-refractivity contribution in [3.8, 4) is 0 Å². The van der Waals surface area contributed by atoms with Crippen LogP contribution in [0.4, 0.5) is 0 Å². The first-order chi connectivity index (χ1) is 10.1. The molecule has 0 saturated heterocycles. The Morgan fingerprint density at radius 2 is 2.14 bits per heavy atom. The molecule has 5 nitrogen and oxygen atoms in total. The van der Waals surface area contributed by atoms with Crippen molar-refractivity contribution >= 4 is 17.1 Å². The van der Waals surface area contributed by atoms with Gasteiger partial charge < -0.3 is 9.30 Å². The molecule has 0 radical (unpaired) electrons. The number of carbonyl (C=O) groups excluding carboxylic acids is 1. The molecule has 0 saturated carbocycles. The average molecular weight is 289 g/mol. The van der Waals surface area contributed by atoms with Gasteiger partial charge in [0.15, 0.2) is 5.65 Å². The Morgan fingerprint density at radius 1 is 1.38 bits per heavy atom. The summed E-state index contributed by atoms with van der Waals surface area (Å²) in [5.74, 6) is 0.617. The van der Waals surface area contributed by atoms with Gasteiger partial charge >= 0.3 is 5.97 Å². The van der Waals surface area contributed by atoms with Gasteiger partial charge in [0.2, 0.25) is 0 Å². The zero-order valence-corrected chi connectivity index (χ0v) is 13.2. The zero-order valence-electron chi connectivity index (χ0n) is 13.2. The Kier molecular flexibility index (Phi) is 4.94. The summed E-state index contributed by atoms with van der Waals surface area (Å²) in [5.41, 5.74) is 1.65. The topological polar surface area (TPSA) is 57.0 Å². The third-order valence-electron chi connectivity index (χ3n) is 3.44. The molecule has 1 unspecified atom stereocenters. The fraction of sp³-hybridized carbons (Fsp3) is 0.562. The molecule has 0 fully saturated rings. The fourth-order valence-electron chi connectivity index (χ4n) is 2.58. The summed E-state index contributed by atoms with van der Waals surface area (Å²) in [6.07, 6.45) is 2.48. The lowest BCUT2D eigenvalue weighted by Gasteiger charge is -2.18. The minimum atomic E-state index is -0.334. The molecule has 0 aromatic carbocycles. The first kappa shape index (κ1) is 15.5. The second kappa shape index (κ2) is 6.70. The van der Waals surface area contributed by atoms with E-state index in [0.717, 1.165) is 30.0 Å². The minimum absolute atomic E-state index is 0.198. The maximum atomic E-state index is 12.3. The van der Waals surface area contributed by atoms with Gasteiger partial charge in [-0.05, 0) is 38.3 Å². The molecule has 1 atom stereocenters. The van der Waals surface area contributed by atoms with Crippen molar-refractivity contribution in [3.05, 3.63) is 24.2 Å². The fourth-order valence-corrected chi connectivity index (χ4v) is 2.58. The van der Waals surface area contributed by atoms with Crippen LogP contribution in [0.1, 0.15) is 45.9 Å². The maximum Gasteiger partial charge on any atom is 0.316 e.